The van der Waals surface area contributed by atoms with E-state index in [1.165, 1.54) is 36.4 Å². The second-order valence-corrected chi connectivity index (χ2v) is 12.6. The zero-order valence-electron chi connectivity index (χ0n) is 20.9. The molecule has 6 N–H and O–H groups in total. The molecule has 0 saturated heterocycles. The number of carboxylic acids is 1. The standard InChI is InChI=1S/C26H26N2O9S2/c1-12(2)22(29)10-13-3-4-16(19(9-13)26(30)31)23-14-5-7-20(27)24(38(32,33)34)17(14)11-18-15(23)6-8-21(28)25(18)39(35,36)37/h3-9,12,14,23,27H,10-11,28H2,1-2H3,(H,30,31)(H,32,33,34)(H,35,36,37). The van der Waals surface area contributed by atoms with Crippen molar-refractivity contribution in [2.75, 3.05) is 5.73 Å². The number of carbonyl (C=O) groups is 2. The van der Waals surface area contributed by atoms with Gasteiger partial charge in [-0.15, -0.1) is 0 Å². The highest BCUT2D eigenvalue weighted by molar-refractivity contribution is 7.91. The molecule has 2 aromatic carbocycles. The maximum Gasteiger partial charge on any atom is 0.335 e. The fourth-order valence-corrected chi connectivity index (χ4v) is 7.04. The summed E-state index contributed by atoms with van der Waals surface area (Å²) < 4.78 is 69.4. The van der Waals surface area contributed by atoms with Crippen LogP contribution in [0.3, 0.4) is 0 Å². The quantitative estimate of drug-likeness (QED) is 0.241. The van der Waals surface area contributed by atoms with Gasteiger partial charge in [0.25, 0.3) is 20.2 Å². The Labute approximate surface area is 225 Å². The summed E-state index contributed by atoms with van der Waals surface area (Å²) in [6, 6.07) is 7.11. The monoisotopic (exact) mass is 574 g/mol. The van der Waals surface area contributed by atoms with Gasteiger partial charge in [-0.05, 0) is 52.5 Å². The molecule has 0 aliphatic heterocycles. The molecule has 0 saturated carbocycles. The van der Waals surface area contributed by atoms with Crippen LogP contribution < -0.4 is 5.73 Å². The molecule has 206 valence electrons. The second kappa shape index (κ2) is 9.83. The lowest BCUT2D eigenvalue weighted by Crippen LogP contribution is -2.32. The summed E-state index contributed by atoms with van der Waals surface area (Å²) in [5, 5.41) is 18.3. The van der Waals surface area contributed by atoms with Crippen molar-refractivity contribution in [3.63, 3.8) is 0 Å². The normalized spacial score (nSPS) is 19.2. The lowest BCUT2D eigenvalue weighted by atomic mass is 9.66. The molecule has 2 atom stereocenters. The SMILES string of the molecule is CC(C)C(=O)Cc1ccc(C2c3ccc(N)c(S(=O)(=O)O)c3CC3=C(S(=O)(=O)O)C(=N)C=CC32)c(C(=O)O)c1. The van der Waals surface area contributed by atoms with Gasteiger partial charge in [0.1, 0.15) is 15.6 Å². The van der Waals surface area contributed by atoms with Gasteiger partial charge >= 0.3 is 5.97 Å². The Morgan fingerprint density at radius 3 is 2.26 bits per heavy atom. The van der Waals surface area contributed by atoms with Gasteiger partial charge in [-0.1, -0.05) is 38.1 Å². The maximum absolute atomic E-state index is 12.4. The van der Waals surface area contributed by atoms with Crippen molar-refractivity contribution in [1.82, 2.24) is 0 Å². The summed E-state index contributed by atoms with van der Waals surface area (Å²) in [6.07, 6.45) is 2.25. The van der Waals surface area contributed by atoms with Crippen LogP contribution in [0.15, 0.2) is 57.9 Å². The Morgan fingerprint density at radius 2 is 1.69 bits per heavy atom. The molecule has 39 heavy (non-hydrogen) atoms. The van der Waals surface area contributed by atoms with Crippen molar-refractivity contribution in [2.24, 2.45) is 11.8 Å². The molecule has 0 amide bonds. The fourth-order valence-electron chi connectivity index (χ4n) is 5.29. The van der Waals surface area contributed by atoms with Crippen molar-refractivity contribution in [2.45, 2.75) is 37.5 Å². The van der Waals surface area contributed by atoms with Crippen molar-refractivity contribution in [1.29, 1.82) is 5.41 Å². The first-order valence-corrected chi connectivity index (χ1v) is 14.7. The van der Waals surface area contributed by atoms with Crippen molar-refractivity contribution >= 4 is 43.4 Å². The molecule has 2 unspecified atom stereocenters. The predicted molar refractivity (Wildman–Crippen MR) is 142 cm³/mol. The predicted octanol–water partition coefficient (Wildman–Crippen LogP) is 3.02. The smallest absolute Gasteiger partial charge is 0.335 e. The Balaban J connectivity index is 2.08. The third-order valence-electron chi connectivity index (χ3n) is 7.02. The molecule has 11 nitrogen and oxygen atoms in total. The first kappa shape index (κ1) is 28.4. The minimum atomic E-state index is -4.96. The largest absolute Gasteiger partial charge is 0.478 e. The fraction of sp³-hybridized carbons (Fsp3) is 0.269. The average Bonchev–Trinajstić information content (AvgIpc) is 2.80. The van der Waals surface area contributed by atoms with E-state index in [2.05, 4.69) is 0 Å². The van der Waals surface area contributed by atoms with E-state index in [4.69, 9.17) is 11.1 Å². The first-order valence-electron chi connectivity index (χ1n) is 11.8. The number of fused-ring (bicyclic) bond motifs is 2. The number of carboxylic acid groups (broad SMARTS) is 1. The molecular formula is C26H26N2O9S2. The number of aromatic carboxylic acids is 1. The number of hydrogen-bond donors (Lipinski definition) is 5. The van der Waals surface area contributed by atoms with Gasteiger partial charge in [-0.3, -0.25) is 19.3 Å². The number of nitrogens with one attached hydrogen (secondary N) is 1. The third-order valence-corrected chi connectivity index (χ3v) is 9.01. The van der Waals surface area contributed by atoms with Crippen LogP contribution in [0.2, 0.25) is 0 Å². The molecule has 13 heteroatoms. The van der Waals surface area contributed by atoms with Crippen LogP contribution >= 0.6 is 0 Å². The van der Waals surface area contributed by atoms with E-state index in [9.17, 15) is 40.6 Å². The van der Waals surface area contributed by atoms with E-state index in [1.54, 1.807) is 19.9 Å². The number of anilines is 1. The van der Waals surface area contributed by atoms with E-state index in [-0.39, 0.29) is 51.6 Å². The van der Waals surface area contributed by atoms with Crippen LogP contribution in [0, 0.1) is 17.2 Å². The number of allylic oxidation sites excluding steroid dienone is 4. The van der Waals surface area contributed by atoms with Crippen LogP contribution in [-0.2, 0) is 37.9 Å². The maximum atomic E-state index is 12.4. The second-order valence-electron chi connectivity index (χ2n) is 9.83. The molecule has 2 aliphatic carbocycles. The summed E-state index contributed by atoms with van der Waals surface area (Å²) >= 11 is 0. The van der Waals surface area contributed by atoms with Gasteiger partial charge in [0.2, 0.25) is 0 Å². The molecular weight excluding hydrogens is 548 g/mol. The van der Waals surface area contributed by atoms with Gasteiger partial charge in [0.15, 0.2) is 0 Å². The van der Waals surface area contributed by atoms with Crippen LogP contribution in [0.4, 0.5) is 5.69 Å². The minimum Gasteiger partial charge on any atom is -0.478 e. The first-order chi connectivity index (χ1) is 18.0. The van der Waals surface area contributed by atoms with E-state index < -0.39 is 60.0 Å². The number of ketones is 1. The number of rotatable bonds is 7. The molecule has 0 spiro atoms. The van der Waals surface area contributed by atoms with E-state index in [0.717, 1.165) is 0 Å². The summed E-state index contributed by atoms with van der Waals surface area (Å²) in [5.41, 5.74) is 5.60. The van der Waals surface area contributed by atoms with Crippen molar-refractivity contribution < 1.29 is 40.6 Å². The van der Waals surface area contributed by atoms with Crippen molar-refractivity contribution in [3.8, 4) is 0 Å². The lowest BCUT2D eigenvalue weighted by molar-refractivity contribution is -0.121. The highest BCUT2D eigenvalue weighted by Gasteiger charge is 2.43. The van der Waals surface area contributed by atoms with E-state index >= 15 is 0 Å². The number of nitrogen functional groups attached to an aromatic ring is 1. The average molecular weight is 575 g/mol. The van der Waals surface area contributed by atoms with E-state index in [0.29, 0.717) is 5.56 Å². The molecule has 0 bridgehead atoms. The topological polar surface area (TPSA) is 213 Å². The molecule has 0 fully saturated rings. The molecule has 4 rings (SSSR count). The van der Waals surface area contributed by atoms with Gasteiger partial charge in [-0.2, -0.15) is 16.8 Å². The summed E-state index contributed by atoms with van der Waals surface area (Å²) in [5.74, 6) is -3.63. The van der Waals surface area contributed by atoms with Crippen LogP contribution in [-0.4, -0.2) is 48.5 Å². The summed E-state index contributed by atoms with van der Waals surface area (Å²) in [7, 11) is -9.88. The Bertz CT molecular complexity index is 1720. The van der Waals surface area contributed by atoms with E-state index in [1.807, 2.05) is 0 Å². The Hall–Kier alpha value is -3.65. The number of carbonyl (C=O) groups excluding carboxylic acids is 1. The molecule has 0 radical (unpaired) electrons. The Kier molecular flexibility index (Phi) is 7.15. The third kappa shape index (κ3) is 5.17. The van der Waals surface area contributed by atoms with Gasteiger partial charge in [0.05, 0.1) is 17.0 Å². The summed E-state index contributed by atoms with van der Waals surface area (Å²) in [6.45, 7) is 3.44. The molecule has 0 aromatic heterocycles. The molecule has 2 aromatic rings. The molecule has 2 aliphatic rings. The van der Waals surface area contributed by atoms with Crippen LogP contribution in [0.1, 0.15) is 52.4 Å². The van der Waals surface area contributed by atoms with Crippen molar-refractivity contribution in [3.05, 3.63) is 80.8 Å². The summed E-state index contributed by atoms with van der Waals surface area (Å²) in [4.78, 5) is 23.3. The number of hydrogen-bond acceptors (Lipinski definition) is 8. The number of benzene rings is 2. The Morgan fingerprint density at radius 1 is 1.05 bits per heavy atom. The number of nitrogens with two attached hydrogens (primary N) is 1. The van der Waals surface area contributed by atoms with Gasteiger partial charge in [-0.25, -0.2) is 4.79 Å². The zero-order valence-corrected chi connectivity index (χ0v) is 22.5. The highest BCUT2D eigenvalue weighted by atomic mass is 32.2. The highest BCUT2D eigenvalue weighted by Crippen LogP contribution is 2.50. The van der Waals surface area contributed by atoms with Crippen LogP contribution in [0.25, 0.3) is 0 Å². The van der Waals surface area contributed by atoms with Gasteiger partial charge in [0, 0.05) is 24.2 Å². The number of Topliss-reactive ketones (excluding diaryl/α,β-unsaturated/α-hetero) is 1. The molecule has 0 heterocycles. The van der Waals surface area contributed by atoms with Gasteiger partial charge < -0.3 is 10.8 Å². The lowest BCUT2D eigenvalue weighted by Gasteiger charge is -2.38. The van der Waals surface area contributed by atoms with Crippen LogP contribution in [0.5, 0.6) is 0 Å². The zero-order chi connectivity index (χ0) is 29.0. The minimum absolute atomic E-state index is 0.0124.